The summed E-state index contributed by atoms with van der Waals surface area (Å²) in [5.74, 6) is 1.36. The zero-order valence-electron chi connectivity index (χ0n) is 12.3. The van der Waals surface area contributed by atoms with Gasteiger partial charge in [-0.3, -0.25) is 4.79 Å². The number of carbonyl (C=O) groups excluding carboxylic acids is 1. The molecule has 108 valence electrons. The highest BCUT2D eigenvalue weighted by Gasteiger charge is 2.21. The van der Waals surface area contributed by atoms with Crippen molar-refractivity contribution in [3.8, 4) is 0 Å². The molecule has 1 atom stereocenters. The second kappa shape index (κ2) is 5.90. The van der Waals surface area contributed by atoms with Gasteiger partial charge < -0.3 is 14.7 Å². The number of aromatic amines is 1. The first-order chi connectivity index (χ1) is 9.55. The summed E-state index contributed by atoms with van der Waals surface area (Å²) in [7, 11) is 0. The molecule has 0 bridgehead atoms. The Hall–Kier alpha value is -2.11. The summed E-state index contributed by atoms with van der Waals surface area (Å²) in [5.41, 5.74) is 1.58. The van der Waals surface area contributed by atoms with Gasteiger partial charge in [-0.05, 0) is 20.3 Å². The molecule has 6 heteroatoms. The van der Waals surface area contributed by atoms with Crippen LogP contribution in [0.1, 0.15) is 60.0 Å². The molecular formula is C14H20N4O2. The predicted molar refractivity (Wildman–Crippen MR) is 74.4 cm³/mol. The summed E-state index contributed by atoms with van der Waals surface area (Å²) in [4.78, 5) is 23.9. The summed E-state index contributed by atoms with van der Waals surface area (Å²) in [5, 5.41) is 2.92. The Morgan fingerprint density at radius 2 is 2.20 bits per heavy atom. The molecule has 0 aliphatic rings. The normalized spacial score (nSPS) is 12.4. The van der Waals surface area contributed by atoms with Gasteiger partial charge in [0.15, 0.2) is 5.89 Å². The second-order valence-electron chi connectivity index (χ2n) is 4.76. The molecule has 0 aliphatic carbocycles. The smallest absolute Gasteiger partial charge is 0.289 e. The van der Waals surface area contributed by atoms with Crippen LogP contribution in [0.3, 0.4) is 0 Å². The van der Waals surface area contributed by atoms with E-state index in [1.807, 2.05) is 20.8 Å². The fourth-order valence-electron chi connectivity index (χ4n) is 2.01. The Labute approximate surface area is 118 Å². The van der Waals surface area contributed by atoms with Gasteiger partial charge >= 0.3 is 0 Å². The van der Waals surface area contributed by atoms with Crippen LogP contribution in [-0.4, -0.2) is 20.9 Å². The molecule has 2 aromatic rings. The van der Waals surface area contributed by atoms with Crippen molar-refractivity contribution >= 4 is 5.91 Å². The average Bonchev–Trinajstić information content (AvgIpc) is 3.01. The van der Waals surface area contributed by atoms with Crippen LogP contribution in [0.2, 0.25) is 0 Å². The van der Waals surface area contributed by atoms with Gasteiger partial charge in [0, 0.05) is 18.3 Å². The molecule has 2 N–H and O–H groups in total. The molecular weight excluding hydrogens is 256 g/mol. The van der Waals surface area contributed by atoms with E-state index in [0.29, 0.717) is 18.0 Å². The highest BCUT2D eigenvalue weighted by Crippen LogP contribution is 2.16. The molecule has 0 spiro atoms. The van der Waals surface area contributed by atoms with Gasteiger partial charge in [-0.15, -0.1) is 0 Å². The Bertz CT molecular complexity index is 600. The van der Waals surface area contributed by atoms with Gasteiger partial charge in [-0.25, -0.2) is 9.97 Å². The van der Waals surface area contributed by atoms with Gasteiger partial charge in [0.1, 0.15) is 5.82 Å². The maximum atomic E-state index is 12.3. The number of rotatable bonds is 5. The van der Waals surface area contributed by atoms with Gasteiger partial charge in [0.25, 0.3) is 5.91 Å². The van der Waals surface area contributed by atoms with Gasteiger partial charge in [-0.1, -0.05) is 13.8 Å². The van der Waals surface area contributed by atoms with Crippen LogP contribution in [0.5, 0.6) is 0 Å². The molecule has 20 heavy (non-hydrogen) atoms. The number of aryl methyl sites for hydroxylation is 3. The largest absolute Gasteiger partial charge is 0.435 e. The van der Waals surface area contributed by atoms with Crippen LogP contribution in [0.4, 0.5) is 0 Å². The first kappa shape index (κ1) is 14.3. The number of nitrogens with zero attached hydrogens (tertiary/aromatic N) is 2. The second-order valence-corrected chi connectivity index (χ2v) is 4.76. The number of hydrogen-bond donors (Lipinski definition) is 2. The number of hydrogen-bond acceptors (Lipinski definition) is 4. The number of amides is 1. The van der Waals surface area contributed by atoms with E-state index in [4.69, 9.17) is 4.42 Å². The minimum absolute atomic E-state index is 0.161. The molecule has 1 amide bonds. The molecule has 0 saturated heterocycles. The van der Waals surface area contributed by atoms with E-state index in [1.165, 1.54) is 0 Å². The summed E-state index contributed by atoms with van der Waals surface area (Å²) in [6, 6.07) is -0.161. The van der Waals surface area contributed by atoms with Crippen molar-refractivity contribution in [3.05, 3.63) is 35.1 Å². The molecule has 0 fully saturated rings. The monoisotopic (exact) mass is 276 g/mol. The lowest BCUT2D eigenvalue weighted by molar-refractivity contribution is 0.0903. The Morgan fingerprint density at radius 3 is 2.70 bits per heavy atom. The fourth-order valence-corrected chi connectivity index (χ4v) is 2.01. The molecule has 2 aromatic heterocycles. The van der Waals surface area contributed by atoms with E-state index in [1.54, 1.807) is 13.1 Å². The fraction of sp³-hybridized carbons (Fsp3) is 0.500. The van der Waals surface area contributed by atoms with E-state index >= 15 is 0 Å². The van der Waals surface area contributed by atoms with Gasteiger partial charge in [0.2, 0.25) is 5.76 Å². The number of H-pyrrole nitrogens is 1. The van der Waals surface area contributed by atoms with Crippen LogP contribution in [0, 0.1) is 13.8 Å². The topological polar surface area (TPSA) is 83.8 Å². The standard InChI is InChI=1S/C14H20N4O2/c1-5-10(13-15-7-8(3)16-13)18-14(19)12-9(4)17-11(6-2)20-12/h7,10H,5-6H2,1-4H3,(H,15,16)(H,18,19). The molecule has 0 aromatic carbocycles. The van der Waals surface area contributed by atoms with Crippen molar-refractivity contribution < 1.29 is 9.21 Å². The SMILES string of the molecule is CCc1nc(C)c(C(=O)NC(CC)c2ncc(C)[nH]2)o1. The molecule has 1 unspecified atom stereocenters. The van der Waals surface area contributed by atoms with Crippen molar-refractivity contribution in [2.45, 2.75) is 46.6 Å². The number of nitrogens with one attached hydrogen (secondary N) is 2. The molecule has 0 saturated carbocycles. The summed E-state index contributed by atoms with van der Waals surface area (Å²) in [6.07, 6.45) is 3.16. The summed E-state index contributed by atoms with van der Waals surface area (Å²) in [6.45, 7) is 7.63. The first-order valence-electron chi connectivity index (χ1n) is 6.83. The lowest BCUT2D eigenvalue weighted by Gasteiger charge is -2.13. The Balaban J connectivity index is 2.14. The van der Waals surface area contributed by atoms with E-state index in [0.717, 1.165) is 17.9 Å². The molecule has 6 nitrogen and oxygen atoms in total. The third-order valence-electron chi connectivity index (χ3n) is 3.12. The van der Waals surface area contributed by atoms with E-state index in [-0.39, 0.29) is 17.7 Å². The maximum Gasteiger partial charge on any atom is 0.289 e. The Kier molecular flexibility index (Phi) is 4.22. The van der Waals surface area contributed by atoms with Gasteiger partial charge in [0.05, 0.1) is 11.7 Å². The van der Waals surface area contributed by atoms with Crippen LogP contribution in [-0.2, 0) is 6.42 Å². The lowest BCUT2D eigenvalue weighted by Crippen LogP contribution is -2.29. The van der Waals surface area contributed by atoms with E-state index in [2.05, 4.69) is 20.3 Å². The van der Waals surface area contributed by atoms with Gasteiger partial charge in [-0.2, -0.15) is 0 Å². The summed E-state index contributed by atoms with van der Waals surface area (Å²) < 4.78 is 5.46. The van der Waals surface area contributed by atoms with Crippen molar-refractivity contribution in [1.82, 2.24) is 20.3 Å². The maximum absolute atomic E-state index is 12.3. The van der Waals surface area contributed by atoms with E-state index < -0.39 is 0 Å². The van der Waals surface area contributed by atoms with Crippen LogP contribution in [0.25, 0.3) is 0 Å². The minimum atomic E-state index is -0.254. The highest BCUT2D eigenvalue weighted by atomic mass is 16.4. The van der Waals surface area contributed by atoms with Crippen molar-refractivity contribution in [2.24, 2.45) is 0 Å². The molecule has 2 rings (SSSR count). The third kappa shape index (κ3) is 2.89. The predicted octanol–water partition coefficient (Wildman–Crippen LogP) is 2.46. The number of carbonyl (C=O) groups is 1. The highest BCUT2D eigenvalue weighted by molar-refractivity contribution is 5.92. The first-order valence-corrected chi connectivity index (χ1v) is 6.83. The zero-order valence-corrected chi connectivity index (χ0v) is 12.3. The lowest BCUT2D eigenvalue weighted by atomic mass is 10.2. The van der Waals surface area contributed by atoms with E-state index in [9.17, 15) is 4.79 Å². The minimum Gasteiger partial charge on any atom is -0.435 e. The Morgan fingerprint density at radius 1 is 1.45 bits per heavy atom. The number of oxazole rings is 1. The van der Waals surface area contributed by atoms with Crippen molar-refractivity contribution in [3.63, 3.8) is 0 Å². The quantitative estimate of drug-likeness (QED) is 0.878. The molecule has 0 aliphatic heterocycles. The zero-order chi connectivity index (χ0) is 14.7. The number of imidazole rings is 1. The summed E-state index contributed by atoms with van der Waals surface area (Å²) >= 11 is 0. The van der Waals surface area contributed by atoms with Crippen molar-refractivity contribution in [2.75, 3.05) is 0 Å². The van der Waals surface area contributed by atoms with Crippen LogP contribution >= 0.6 is 0 Å². The molecule has 0 radical (unpaired) electrons. The average molecular weight is 276 g/mol. The van der Waals surface area contributed by atoms with Crippen molar-refractivity contribution in [1.29, 1.82) is 0 Å². The number of aromatic nitrogens is 3. The van der Waals surface area contributed by atoms with Crippen LogP contribution in [0.15, 0.2) is 10.6 Å². The molecule has 2 heterocycles. The third-order valence-corrected chi connectivity index (χ3v) is 3.12. The van der Waals surface area contributed by atoms with Crippen LogP contribution < -0.4 is 5.32 Å².